The number of fused-ring (bicyclic) bond motifs is 7. The number of aliphatic hydroxyl groups is 1. The van der Waals surface area contributed by atoms with E-state index in [4.69, 9.17) is 9.47 Å². The van der Waals surface area contributed by atoms with Gasteiger partial charge in [-0.3, -0.25) is 9.59 Å². The molecule has 0 aromatic heterocycles. The van der Waals surface area contributed by atoms with Crippen LogP contribution in [0.4, 0.5) is 0 Å². The SMILES string of the molecule is C=C(C)C1CC[C@]2(CCO)CC[C@]3(C)C(CCC4[C@@]5(C)CC[C@H](OC(=O)CC(C)(C)CC(=O)OC)C(C)(C)C5CC[C@]43C)C12. The fourth-order valence-electron chi connectivity index (χ4n) is 13.2. The first kappa shape index (κ1) is 34.0. The Kier molecular flexibility index (Phi) is 8.81. The Morgan fingerprint density at radius 1 is 0.841 bits per heavy atom. The molecule has 0 heterocycles. The van der Waals surface area contributed by atoms with Gasteiger partial charge in [-0.2, -0.15) is 0 Å². The van der Waals surface area contributed by atoms with Crippen LogP contribution in [-0.2, 0) is 19.1 Å². The molecule has 0 amide bonds. The van der Waals surface area contributed by atoms with Gasteiger partial charge in [-0.25, -0.2) is 0 Å². The normalized spacial score (nSPS) is 44.4. The molecule has 5 aliphatic carbocycles. The smallest absolute Gasteiger partial charge is 0.306 e. The number of hydrogen-bond acceptors (Lipinski definition) is 5. The average molecular weight is 613 g/mol. The van der Waals surface area contributed by atoms with Gasteiger partial charge in [0.05, 0.1) is 20.0 Å². The molecule has 0 aromatic carbocycles. The van der Waals surface area contributed by atoms with Gasteiger partial charge >= 0.3 is 11.9 Å². The fourth-order valence-corrected chi connectivity index (χ4v) is 13.2. The van der Waals surface area contributed by atoms with Crippen molar-refractivity contribution in [2.45, 2.75) is 145 Å². The van der Waals surface area contributed by atoms with Crippen LogP contribution in [0, 0.1) is 62.1 Å². The second-order valence-corrected chi connectivity index (χ2v) is 18.5. The molecule has 1 N–H and O–H groups in total. The number of methoxy groups -OCH3 is 1. The zero-order valence-electron chi connectivity index (χ0n) is 29.7. The maximum atomic E-state index is 13.2. The fraction of sp³-hybridized carbons (Fsp3) is 0.897. The number of carbonyl (C=O) groups is 2. The van der Waals surface area contributed by atoms with Gasteiger partial charge in [0.2, 0.25) is 0 Å². The highest BCUT2D eigenvalue weighted by atomic mass is 16.5. The van der Waals surface area contributed by atoms with Gasteiger partial charge in [-0.05, 0) is 134 Å². The van der Waals surface area contributed by atoms with Gasteiger partial charge in [-0.15, -0.1) is 0 Å². The molecule has 44 heavy (non-hydrogen) atoms. The minimum Gasteiger partial charge on any atom is -0.469 e. The van der Waals surface area contributed by atoms with Crippen molar-refractivity contribution in [1.82, 2.24) is 0 Å². The van der Waals surface area contributed by atoms with Gasteiger partial charge in [0.15, 0.2) is 0 Å². The zero-order valence-corrected chi connectivity index (χ0v) is 29.7. The molecule has 250 valence electrons. The summed E-state index contributed by atoms with van der Waals surface area (Å²) in [5.41, 5.74) is 1.87. The van der Waals surface area contributed by atoms with E-state index in [9.17, 15) is 14.7 Å². The van der Waals surface area contributed by atoms with Crippen molar-refractivity contribution in [2.75, 3.05) is 13.7 Å². The van der Waals surface area contributed by atoms with E-state index in [1.54, 1.807) is 0 Å². The zero-order chi connectivity index (χ0) is 32.5. The Morgan fingerprint density at radius 2 is 1.52 bits per heavy atom. The highest BCUT2D eigenvalue weighted by molar-refractivity contribution is 5.74. The molecule has 0 bridgehead atoms. The third-order valence-corrected chi connectivity index (χ3v) is 15.5. The minimum absolute atomic E-state index is 0.0955. The van der Waals surface area contributed by atoms with Crippen LogP contribution in [0.25, 0.3) is 0 Å². The Morgan fingerprint density at radius 3 is 2.16 bits per heavy atom. The minimum atomic E-state index is -0.491. The molecule has 5 heteroatoms. The quantitative estimate of drug-likeness (QED) is 0.219. The lowest BCUT2D eigenvalue weighted by Crippen LogP contribution is -2.66. The molecular formula is C39H64O5. The Hall–Kier alpha value is -1.36. The van der Waals surface area contributed by atoms with E-state index in [-0.39, 0.29) is 47.1 Å². The van der Waals surface area contributed by atoms with Crippen LogP contribution in [0.15, 0.2) is 12.2 Å². The monoisotopic (exact) mass is 612 g/mol. The van der Waals surface area contributed by atoms with E-state index in [0.717, 1.165) is 19.3 Å². The lowest BCUT2D eigenvalue weighted by atomic mass is 9.32. The van der Waals surface area contributed by atoms with Crippen molar-refractivity contribution < 1.29 is 24.2 Å². The van der Waals surface area contributed by atoms with Crippen molar-refractivity contribution in [3.05, 3.63) is 12.2 Å². The first-order valence-electron chi connectivity index (χ1n) is 17.9. The largest absolute Gasteiger partial charge is 0.469 e. The van der Waals surface area contributed by atoms with Gasteiger partial charge in [0.25, 0.3) is 0 Å². The summed E-state index contributed by atoms with van der Waals surface area (Å²) in [6.07, 6.45) is 13.4. The summed E-state index contributed by atoms with van der Waals surface area (Å²) in [7, 11) is 1.40. The molecule has 5 aliphatic rings. The first-order valence-corrected chi connectivity index (χ1v) is 17.9. The predicted molar refractivity (Wildman–Crippen MR) is 176 cm³/mol. The van der Waals surface area contributed by atoms with Crippen molar-refractivity contribution in [3.63, 3.8) is 0 Å². The van der Waals surface area contributed by atoms with Gasteiger partial charge < -0.3 is 14.6 Å². The molecule has 0 radical (unpaired) electrons. The van der Waals surface area contributed by atoms with E-state index >= 15 is 0 Å². The van der Waals surface area contributed by atoms with E-state index in [2.05, 4.69) is 48.1 Å². The number of hydrogen-bond donors (Lipinski definition) is 1. The molecule has 5 fully saturated rings. The Bertz CT molecular complexity index is 1140. The molecular weight excluding hydrogens is 548 g/mol. The number of esters is 2. The second kappa shape index (κ2) is 11.4. The lowest BCUT2D eigenvalue weighted by Gasteiger charge is -2.73. The third kappa shape index (κ3) is 5.12. The van der Waals surface area contributed by atoms with E-state index in [1.807, 2.05) is 13.8 Å². The standard InChI is InChI=1S/C39H64O5/c1-25(2)26-13-18-39(21-22-40)20-19-37(8)27(33(26)39)11-12-29-36(7)16-15-30(35(5,6)28(36)14-17-38(29,37)9)44-32(42)24-34(3,4)23-31(41)43-10/h26-30,33,40H,1,11-24H2,2-10H3/t26?,27?,28?,29?,30-,33?,36-,37+,38+,39+/m0/s1. The van der Waals surface area contributed by atoms with Crippen LogP contribution < -0.4 is 0 Å². The van der Waals surface area contributed by atoms with Crippen molar-refractivity contribution in [2.24, 2.45) is 62.1 Å². The summed E-state index contributed by atoms with van der Waals surface area (Å²) >= 11 is 0. The summed E-state index contributed by atoms with van der Waals surface area (Å²) in [5, 5.41) is 10.2. The predicted octanol–water partition coefficient (Wildman–Crippen LogP) is 8.92. The topological polar surface area (TPSA) is 72.8 Å². The van der Waals surface area contributed by atoms with Crippen LogP contribution in [-0.4, -0.2) is 36.9 Å². The number of rotatable bonds is 8. The van der Waals surface area contributed by atoms with Gasteiger partial charge in [0.1, 0.15) is 6.10 Å². The van der Waals surface area contributed by atoms with E-state index in [0.29, 0.717) is 47.0 Å². The first-order chi connectivity index (χ1) is 20.4. The van der Waals surface area contributed by atoms with Crippen molar-refractivity contribution in [3.8, 4) is 0 Å². The van der Waals surface area contributed by atoms with Crippen molar-refractivity contribution in [1.29, 1.82) is 0 Å². The number of carbonyl (C=O) groups excluding carboxylic acids is 2. The lowest BCUT2D eigenvalue weighted by molar-refractivity contribution is -0.251. The summed E-state index contributed by atoms with van der Waals surface area (Å²) in [6.45, 7) is 23.6. The molecule has 5 saturated carbocycles. The molecule has 0 spiro atoms. The van der Waals surface area contributed by atoms with Crippen molar-refractivity contribution >= 4 is 11.9 Å². The molecule has 0 saturated heterocycles. The molecule has 10 atom stereocenters. The summed E-state index contributed by atoms with van der Waals surface area (Å²) in [6, 6.07) is 0. The summed E-state index contributed by atoms with van der Waals surface area (Å²) in [5.74, 6) is 2.66. The van der Waals surface area contributed by atoms with E-state index in [1.165, 1.54) is 64.0 Å². The number of aliphatic hydroxyl groups excluding tert-OH is 1. The summed E-state index contributed by atoms with van der Waals surface area (Å²) in [4.78, 5) is 25.1. The molecule has 0 aromatic rings. The number of allylic oxidation sites excluding steroid dienone is 1. The highest BCUT2D eigenvalue weighted by Crippen LogP contribution is 2.78. The van der Waals surface area contributed by atoms with Crippen LogP contribution in [0.5, 0.6) is 0 Å². The van der Waals surface area contributed by atoms with Crippen LogP contribution in [0.1, 0.15) is 139 Å². The number of ether oxygens (including phenoxy) is 2. The molecule has 5 unspecified atom stereocenters. The van der Waals surface area contributed by atoms with Crippen LogP contribution in [0.3, 0.4) is 0 Å². The maximum Gasteiger partial charge on any atom is 0.306 e. The molecule has 5 rings (SSSR count). The Labute approximate surface area is 268 Å². The highest BCUT2D eigenvalue weighted by Gasteiger charge is 2.71. The van der Waals surface area contributed by atoms with Crippen LogP contribution in [0.2, 0.25) is 0 Å². The second-order valence-electron chi connectivity index (χ2n) is 18.5. The average Bonchev–Trinajstić information content (AvgIpc) is 3.30. The van der Waals surface area contributed by atoms with Crippen LogP contribution >= 0.6 is 0 Å². The maximum absolute atomic E-state index is 13.2. The van der Waals surface area contributed by atoms with E-state index < -0.39 is 5.41 Å². The Balaban J connectivity index is 1.37. The molecule has 5 nitrogen and oxygen atoms in total. The van der Waals surface area contributed by atoms with Gasteiger partial charge in [-0.1, -0.05) is 60.6 Å². The van der Waals surface area contributed by atoms with Gasteiger partial charge in [0, 0.05) is 12.0 Å². The summed E-state index contributed by atoms with van der Waals surface area (Å²) < 4.78 is 11.2. The molecule has 0 aliphatic heterocycles. The third-order valence-electron chi connectivity index (χ3n) is 15.5.